The maximum Gasteiger partial charge on any atom is 0.419 e. The first-order valence-corrected chi connectivity index (χ1v) is 4.24. The molecule has 1 nitrogen and oxygen atoms in total. The normalized spacial score (nSPS) is 12.9. The van der Waals surface area contributed by atoms with Gasteiger partial charge in [0.2, 0.25) is 0 Å². The summed E-state index contributed by atoms with van der Waals surface area (Å²) in [4.78, 5) is 0. The van der Waals surface area contributed by atoms with Crippen molar-refractivity contribution < 1.29 is 30.7 Å². The molecule has 0 bridgehead atoms. The molecule has 1 aromatic carbocycles. The molecule has 17 heavy (non-hydrogen) atoms. The topological polar surface area (TPSA) is 26.0 Å². The Bertz CT molecular complexity index is 419. The maximum absolute atomic E-state index is 13.0. The highest BCUT2D eigenvalue weighted by atomic mass is 19.4. The molecule has 0 saturated heterocycles. The monoisotopic (exact) mass is 261 g/mol. The van der Waals surface area contributed by atoms with Gasteiger partial charge in [-0.3, -0.25) is 0 Å². The summed E-state index contributed by atoms with van der Waals surface area (Å²) in [5.74, 6) is -1.98. The van der Waals surface area contributed by atoms with E-state index in [1.807, 2.05) is 0 Å². The first-order valence-electron chi connectivity index (χ1n) is 4.24. The minimum Gasteiger partial charge on any atom is -0.326 e. The fourth-order valence-corrected chi connectivity index (χ4v) is 1.29. The van der Waals surface area contributed by atoms with Crippen LogP contribution in [-0.4, -0.2) is 0 Å². The zero-order chi connectivity index (χ0) is 13.4. The molecular formula is C9H6F7N. The highest BCUT2D eigenvalue weighted by Gasteiger charge is 2.45. The molecule has 8 heteroatoms. The van der Waals surface area contributed by atoms with Crippen molar-refractivity contribution in [3.05, 3.63) is 34.6 Å². The lowest BCUT2D eigenvalue weighted by atomic mass is 10.0. The Morgan fingerprint density at radius 1 is 0.941 bits per heavy atom. The van der Waals surface area contributed by atoms with Crippen molar-refractivity contribution in [1.82, 2.24) is 0 Å². The number of hydrogen-bond acceptors (Lipinski definition) is 1. The molecule has 0 atom stereocenters. The lowest BCUT2D eigenvalue weighted by Gasteiger charge is -2.17. The van der Waals surface area contributed by atoms with Crippen molar-refractivity contribution in [3.63, 3.8) is 0 Å². The lowest BCUT2D eigenvalue weighted by molar-refractivity contribution is -0.163. The number of rotatable bonds is 1. The average Bonchev–Trinajstić information content (AvgIpc) is 2.12. The van der Waals surface area contributed by atoms with Crippen LogP contribution in [0.4, 0.5) is 30.7 Å². The molecule has 0 aliphatic carbocycles. The number of nitrogens with two attached hydrogens (primary N) is 1. The smallest absolute Gasteiger partial charge is 0.326 e. The van der Waals surface area contributed by atoms with Crippen LogP contribution in [0.5, 0.6) is 0 Å². The predicted octanol–water partition coefficient (Wildman–Crippen LogP) is 3.32. The standard InChI is InChI=1S/C9H6F7N/c10-6-2-4(3-17)1-5(8(11,12)13)7(6)9(14,15)16/h1-2H,3,17H2. The van der Waals surface area contributed by atoms with E-state index < -0.39 is 35.8 Å². The van der Waals surface area contributed by atoms with Crippen LogP contribution in [0.15, 0.2) is 12.1 Å². The minimum absolute atomic E-state index is 0.200. The van der Waals surface area contributed by atoms with Crippen LogP contribution in [0.2, 0.25) is 0 Å². The fraction of sp³-hybridized carbons (Fsp3) is 0.333. The summed E-state index contributed by atoms with van der Waals surface area (Å²) in [5.41, 5.74) is 0.234. The van der Waals surface area contributed by atoms with Gasteiger partial charge in [-0.15, -0.1) is 0 Å². The summed E-state index contributed by atoms with van der Waals surface area (Å²) in [6, 6.07) is 0.546. The molecule has 1 aromatic rings. The van der Waals surface area contributed by atoms with Crippen LogP contribution in [0.1, 0.15) is 16.7 Å². The molecule has 0 unspecified atom stereocenters. The Balaban J connectivity index is 3.58. The highest BCUT2D eigenvalue weighted by molar-refractivity contribution is 5.37. The van der Waals surface area contributed by atoms with Gasteiger partial charge in [0.1, 0.15) is 11.4 Å². The van der Waals surface area contributed by atoms with Crippen molar-refractivity contribution in [3.8, 4) is 0 Å². The number of hydrogen-bond donors (Lipinski definition) is 1. The highest BCUT2D eigenvalue weighted by Crippen LogP contribution is 2.42. The van der Waals surface area contributed by atoms with Crippen LogP contribution in [0, 0.1) is 5.82 Å². The van der Waals surface area contributed by atoms with Crippen LogP contribution in [0.25, 0.3) is 0 Å². The van der Waals surface area contributed by atoms with E-state index in [2.05, 4.69) is 0 Å². The van der Waals surface area contributed by atoms with E-state index >= 15 is 0 Å². The maximum atomic E-state index is 13.0. The molecule has 0 saturated carbocycles. The largest absolute Gasteiger partial charge is 0.419 e. The predicted molar refractivity (Wildman–Crippen MR) is 44.3 cm³/mol. The average molecular weight is 261 g/mol. The Labute approximate surface area is 91.0 Å². The van der Waals surface area contributed by atoms with Crippen molar-refractivity contribution in [2.45, 2.75) is 18.9 Å². The minimum atomic E-state index is -5.41. The molecule has 1 rings (SSSR count). The Morgan fingerprint density at radius 3 is 1.82 bits per heavy atom. The molecule has 0 radical (unpaired) electrons. The van der Waals surface area contributed by atoms with Gasteiger partial charge in [-0.25, -0.2) is 4.39 Å². The van der Waals surface area contributed by atoms with E-state index in [0.717, 1.165) is 0 Å². The molecule has 0 aliphatic heterocycles. The van der Waals surface area contributed by atoms with E-state index in [9.17, 15) is 30.7 Å². The van der Waals surface area contributed by atoms with E-state index in [0.29, 0.717) is 6.07 Å². The van der Waals surface area contributed by atoms with Gasteiger partial charge in [0, 0.05) is 6.54 Å². The third-order valence-corrected chi connectivity index (χ3v) is 1.97. The number of halogens is 7. The molecule has 0 aromatic heterocycles. The van der Waals surface area contributed by atoms with Crippen molar-refractivity contribution in [2.24, 2.45) is 5.73 Å². The van der Waals surface area contributed by atoms with Gasteiger partial charge >= 0.3 is 12.4 Å². The Hall–Kier alpha value is -1.31. The first kappa shape index (κ1) is 13.8. The summed E-state index contributed by atoms with van der Waals surface area (Å²) in [5, 5.41) is 0. The SMILES string of the molecule is NCc1cc(F)c(C(F)(F)F)c(C(F)(F)F)c1. The second kappa shape index (κ2) is 4.17. The zero-order valence-corrected chi connectivity index (χ0v) is 8.08. The fourth-order valence-electron chi connectivity index (χ4n) is 1.29. The molecule has 0 aliphatic rings. The first-order chi connectivity index (χ1) is 7.57. The van der Waals surface area contributed by atoms with E-state index in [1.165, 1.54) is 0 Å². The quantitative estimate of drug-likeness (QED) is 0.771. The van der Waals surface area contributed by atoms with Gasteiger partial charge in [-0.1, -0.05) is 0 Å². The molecule has 96 valence electrons. The second-order valence-corrected chi connectivity index (χ2v) is 3.20. The van der Waals surface area contributed by atoms with Crippen molar-refractivity contribution >= 4 is 0 Å². The van der Waals surface area contributed by atoms with Crippen LogP contribution >= 0.6 is 0 Å². The molecule has 0 fully saturated rings. The number of alkyl halides is 6. The van der Waals surface area contributed by atoms with Gasteiger partial charge in [0.05, 0.1) is 5.56 Å². The summed E-state index contributed by atoms with van der Waals surface area (Å²) in [7, 11) is 0. The molecular weight excluding hydrogens is 255 g/mol. The second-order valence-electron chi connectivity index (χ2n) is 3.20. The third kappa shape index (κ3) is 2.87. The lowest BCUT2D eigenvalue weighted by Crippen LogP contribution is -2.19. The Morgan fingerprint density at radius 2 is 1.47 bits per heavy atom. The van der Waals surface area contributed by atoms with Crippen LogP contribution in [0.3, 0.4) is 0 Å². The van der Waals surface area contributed by atoms with Gasteiger partial charge in [-0.05, 0) is 17.7 Å². The van der Waals surface area contributed by atoms with Crippen LogP contribution in [-0.2, 0) is 18.9 Å². The summed E-state index contributed by atoms with van der Waals surface area (Å²) < 4.78 is 87.1. The van der Waals surface area contributed by atoms with Gasteiger partial charge in [0.25, 0.3) is 0 Å². The summed E-state index contributed by atoms with van der Waals surface area (Å²) >= 11 is 0. The van der Waals surface area contributed by atoms with Crippen molar-refractivity contribution in [1.29, 1.82) is 0 Å². The Kier molecular flexibility index (Phi) is 3.37. The third-order valence-electron chi connectivity index (χ3n) is 1.97. The molecule has 2 N–H and O–H groups in total. The molecule has 0 spiro atoms. The number of benzene rings is 1. The van der Waals surface area contributed by atoms with Crippen molar-refractivity contribution in [2.75, 3.05) is 0 Å². The van der Waals surface area contributed by atoms with Gasteiger partial charge in [0.15, 0.2) is 0 Å². The summed E-state index contributed by atoms with van der Waals surface area (Å²) in [6.45, 7) is -0.488. The van der Waals surface area contributed by atoms with E-state index in [-0.39, 0.29) is 11.6 Å². The van der Waals surface area contributed by atoms with Gasteiger partial charge in [-0.2, -0.15) is 26.3 Å². The van der Waals surface area contributed by atoms with E-state index in [1.54, 1.807) is 0 Å². The zero-order valence-electron chi connectivity index (χ0n) is 8.08. The summed E-state index contributed by atoms with van der Waals surface area (Å²) in [6.07, 6.45) is -10.7. The van der Waals surface area contributed by atoms with Crippen LogP contribution < -0.4 is 5.73 Å². The molecule has 0 amide bonds. The van der Waals surface area contributed by atoms with Gasteiger partial charge < -0.3 is 5.73 Å². The molecule has 0 heterocycles. The van der Waals surface area contributed by atoms with E-state index in [4.69, 9.17) is 5.73 Å².